The predicted molar refractivity (Wildman–Crippen MR) is 113 cm³/mol. The summed E-state index contributed by atoms with van der Waals surface area (Å²) in [4.78, 5) is 18.9. The highest BCUT2D eigenvalue weighted by molar-refractivity contribution is 7.98. The summed E-state index contributed by atoms with van der Waals surface area (Å²) in [5.74, 6) is 0.0449. The van der Waals surface area contributed by atoms with Crippen LogP contribution in [-0.4, -0.2) is 30.2 Å². The molecule has 1 aromatic carbocycles. The van der Waals surface area contributed by atoms with Crippen LogP contribution in [0.5, 0.6) is 0 Å². The van der Waals surface area contributed by atoms with Crippen molar-refractivity contribution in [1.29, 1.82) is 0 Å². The van der Waals surface area contributed by atoms with Crippen molar-refractivity contribution in [3.63, 3.8) is 0 Å². The van der Waals surface area contributed by atoms with E-state index in [0.717, 1.165) is 23.5 Å². The van der Waals surface area contributed by atoms with Crippen LogP contribution in [-0.2, 0) is 11.2 Å². The quantitative estimate of drug-likeness (QED) is 0.604. The summed E-state index contributed by atoms with van der Waals surface area (Å²) in [5, 5.41) is 7.34. The number of carbonyl (C=O) groups is 1. The van der Waals surface area contributed by atoms with Crippen molar-refractivity contribution >= 4 is 46.0 Å². The first kappa shape index (κ1) is 17.8. The summed E-state index contributed by atoms with van der Waals surface area (Å²) in [7, 11) is 0. The van der Waals surface area contributed by atoms with E-state index in [-0.39, 0.29) is 11.9 Å². The lowest BCUT2D eigenvalue weighted by atomic mass is 9.98. The fraction of sp³-hybridized carbons (Fsp3) is 0.250. The van der Waals surface area contributed by atoms with Gasteiger partial charge in [-0.05, 0) is 59.3 Å². The van der Waals surface area contributed by atoms with Crippen molar-refractivity contribution in [2.24, 2.45) is 0 Å². The zero-order valence-electron chi connectivity index (χ0n) is 14.5. The zero-order valence-corrected chi connectivity index (χ0v) is 16.9. The minimum absolute atomic E-state index is 0.0449. The van der Waals surface area contributed by atoms with Gasteiger partial charge in [-0.25, -0.2) is 0 Å². The van der Waals surface area contributed by atoms with E-state index in [1.54, 1.807) is 23.1 Å². The molecular formula is C20H20N2OS3. The number of carbonyl (C=O) groups excluding carboxylic acids is 1. The fourth-order valence-corrected chi connectivity index (χ4v) is 5.64. The van der Waals surface area contributed by atoms with E-state index in [0.29, 0.717) is 6.54 Å². The molecule has 0 unspecified atom stereocenters. The highest BCUT2D eigenvalue weighted by atomic mass is 32.2. The number of thioether (sulfide) groups is 1. The van der Waals surface area contributed by atoms with Crippen LogP contribution in [0.25, 0.3) is 0 Å². The molecule has 0 saturated carbocycles. The van der Waals surface area contributed by atoms with Crippen LogP contribution in [0.15, 0.2) is 58.1 Å². The lowest BCUT2D eigenvalue weighted by molar-refractivity contribution is -0.117. The third-order valence-corrected chi connectivity index (χ3v) is 7.23. The molecule has 0 radical (unpaired) electrons. The average molecular weight is 401 g/mol. The Balaban J connectivity index is 1.52. The number of anilines is 1. The van der Waals surface area contributed by atoms with Crippen molar-refractivity contribution in [1.82, 2.24) is 4.90 Å². The van der Waals surface area contributed by atoms with Gasteiger partial charge in [0.1, 0.15) is 0 Å². The molecule has 2 aromatic heterocycles. The maximum Gasteiger partial charge on any atom is 0.238 e. The maximum atomic E-state index is 12.7. The summed E-state index contributed by atoms with van der Waals surface area (Å²) in [6.45, 7) is 1.32. The second-order valence-corrected chi connectivity index (χ2v) is 9.08. The number of nitrogens with one attached hydrogen (secondary N) is 1. The van der Waals surface area contributed by atoms with Crippen molar-refractivity contribution in [3.05, 3.63) is 68.5 Å². The van der Waals surface area contributed by atoms with Crippen LogP contribution in [0.1, 0.15) is 21.4 Å². The van der Waals surface area contributed by atoms with Gasteiger partial charge in [-0.15, -0.1) is 34.4 Å². The number of thiophene rings is 2. The van der Waals surface area contributed by atoms with Gasteiger partial charge >= 0.3 is 0 Å². The van der Waals surface area contributed by atoms with Gasteiger partial charge in [-0.3, -0.25) is 9.69 Å². The van der Waals surface area contributed by atoms with Crippen LogP contribution < -0.4 is 5.32 Å². The van der Waals surface area contributed by atoms with E-state index < -0.39 is 0 Å². The number of benzene rings is 1. The molecule has 1 aliphatic heterocycles. The van der Waals surface area contributed by atoms with Gasteiger partial charge in [0.05, 0.1) is 12.6 Å². The first-order valence-corrected chi connectivity index (χ1v) is 11.5. The summed E-state index contributed by atoms with van der Waals surface area (Å²) >= 11 is 5.27. The van der Waals surface area contributed by atoms with Gasteiger partial charge in [0.25, 0.3) is 0 Å². The molecule has 3 aromatic rings. The van der Waals surface area contributed by atoms with Gasteiger partial charge in [0, 0.05) is 26.9 Å². The van der Waals surface area contributed by atoms with E-state index in [2.05, 4.69) is 45.2 Å². The second-order valence-electron chi connectivity index (χ2n) is 6.22. The first-order valence-electron chi connectivity index (χ1n) is 8.52. The molecule has 6 heteroatoms. The molecule has 0 aliphatic carbocycles. The van der Waals surface area contributed by atoms with Crippen LogP contribution >= 0.6 is 34.4 Å². The molecule has 26 heavy (non-hydrogen) atoms. The Morgan fingerprint density at radius 2 is 2.15 bits per heavy atom. The molecule has 1 aliphatic rings. The Bertz CT molecular complexity index is 888. The standard InChI is InChI=1S/C20H20N2OS3/c1-24-15-5-2-4-14(12-15)21-19(23)13-22-9-7-17-16(8-11-26-17)20(22)18-6-3-10-25-18/h2-6,8,10-12,20H,7,9,13H2,1H3,(H,21,23)/t20-/m1/s1. The fourth-order valence-electron chi connectivity index (χ4n) is 3.40. The summed E-state index contributed by atoms with van der Waals surface area (Å²) in [6, 6.07) is 14.7. The SMILES string of the molecule is CSc1cccc(NC(=O)CN2CCc3sccc3[C@@H]2c2cccs2)c1. The molecule has 0 saturated heterocycles. The Labute approximate surface area is 166 Å². The van der Waals surface area contributed by atoms with E-state index >= 15 is 0 Å². The zero-order chi connectivity index (χ0) is 17.9. The van der Waals surface area contributed by atoms with Gasteiger partial charge in [0.15, 0.2) is 0 Å². The van der Waals surface area contributed by atoms with Gasteiger partial charge in [-0.2, -0.15) is 0 Å². The molecule has 1 amide bonds. The van der Waals surface area contributed by atoms with E-state index in [1.165, 1.54) is 15.3 Å². The van der Waals surface area contributed by atoms with Gasteiger partial charge < -0.3 is 5.32 Å². The van der Waals surface area contributed by atoms with Crippen molar-refractivity contribution in [3.8, 4) is 0 Å². The maximum absolute atomic E-state index is 12.7. The minimum atomic E-state index is 0.0449. The molecule has 0 fully saturated rings. The molecule has 4 rings (SSSR count). The molecule has 1 N–H and O–H groups in total. The molecule has 0 bridgehead atoms. The number of hydrogen-bond acceptors (Lipinski definition) is 5. The molecule has 3 heterocycles. The number of fused-ring (bicyclic) bond motifs is 1. The Morgan fingerprint density at radius 3 is 2.96 bits per heavy atom. The second kappa shape index (κ2) is 7.96. The topological polar surface area (TPSA) is 32.3 Å². The molecule has 0 spiro atoms. The Morgan fingerprint density at radius 1 is 1.23 bits per heavy atom. The lowest BCUT2D eigenvalue weighted by Crippen LogP contribution is -2.40. The Kier molecular flexibility index (Phi) is 5.45. The normalized spacial score (nSPS) is 17.0. The van der Waals surface area contributed by atoms with Gasteiger partial charge in [-0.1, -0.05) is 12.1 Å². The van der Waals surface area contributed by atoms with Crippen molar-refractivity contribution in [2.75, 3.05) is 24.7 Å². The third kappa shape index (κ3) is 3.74. The first-order chi connectivity index (χ1) is 12.7. The third-order valence-electron chi connectivity index (χ3n) is 4.58. The average Bonchev–Trinajstić information content (AvgIpc) is 3.33. The van der Waals surface area contributed by atoms with Crippen LogP contribution in [0.3, 0.4) is 0 Å². The van der Waals surface area contributed by atoms with E-state index in [1.807, 2.05) is 35.8 Å². The highest BCUT2D eigenvalue weighted by Gasteiger charge is 2.31. The summed E-state index contributed by atoms with van der Waals surface area (Å²) in [6.07, 6.45) is 3.06. The van der Waals surface area contributed by atoms with Crippen molar-refractivity contribution < 1.29 is 4.79 Å². The predicted octanol–water partition coefficient (Wildman–Crippen LogP) is 5.12. The molecule has 134 valence electrons. The van der Waals surface area contributed by atoms with Gasteiger partial charge in [0.2, 0.25) is 5.91 Å². The molecule has 3 nitrogen and oxygen atoms in total. The highest BCUT2D eigenvalue weighted by Crippen LogP contribution is 2.39. The van der Waals surface area contributed by atoms with Crippen LogP contribution in [0.4, 0.5) is 5.69 Å². The number of hydrogen-bond donors (Lipinski definition) is 1. The summed E-state index contributed by atoms with van der Waals surface area (Å²) < 4.78 is 0. The lowest BCUT2D eigenvalue weighted by Gasteiger charge is -2.34. The molecule has 1 atom stereocenters. The minimum Gasteiger partial charge on any atom is -0.325 e. The van der Waals surface area contributed by atoms with E-state index in [9.17, 15) is 4.79 Å². The smallest absolute Gasteiger partial charge is 0.238 e. The molecular weight excluding hydrogens is 380 g/mol. The van der Waals surface area contributed by atoms with Crippen molar-refractivity contribution in [2.45, 2.75) is 17.4 Å². The van der Waals surface area contributed by atoms with E-state index in [4.69, 9.17) is 0 Å². The number of rotatable bonds is 5. The van der Waals surface area contributed by atoms with Crippen LogP contribution in [0, 0.1) is 0 Å². The monoisotopic (exact) mass is 400 g/mol. The largest absolute Gasteiger partial charge is 0.325 e. The number of amides is 1. The van der Waals surface area contributed by atoms with Crippen LogP contribution in [0.2, 0.25) is 0 Å². The number of nitrogens with zero attached hydrogens (tertiary/aromatic N) is 1. The summed E-state index contributed by atoms with van der Waals surface area (Å²) in [5.41, 5.74) is 2.23. The Hall–Kier alpha value is -1.60.